The summed E-state index contributed by atoms with van der Waals surface area (Å²) in [6, 6.07) is 12.3. The van der Waals surface area contributed by atoms with E-state index in [4.69, 9.17) is 15.2 Å². The van der Waals surface area contributed by atoms with Crippen LogP contribution in [-0.4, -0.2) is 35.4 Å². The molecule has 0 aliphatic rings. The summed E-state index contributed by atoms with van der Waals surface area (Å²) in [5, 5.41) is 6.72. The molecular formula is C17H17N5O3. The van der Waals surface area contributed by atoms with Crippen LogP contribution in [0.25, 0.3) is 0 Å². The fourth-order valence-electron chi connectivity index (χ4n) is 2.45. The maximum absolute atomic E-state index is 11.8. The van der Waals surface area contributed by atoms with Crippen LogP contribution in [0.1, 0.15) is 10.4 Å². The van der Waals surface area contributed by atoms with E-state index in [2.05, 4.69) is 15.2 Å². The Hall–Kier alpha value is -3.55. The molecule has 1 heterocycles. The first kappa shape index (κ1) is 16.3. The van der Waals surface area contributed by atoms with Crippen molar-refractivity contribution >= 4 is 29.0 Å². The molecule has 0 spiro atoms. The molecule has 0 aliphatic carbocycles. The topological polar surface area (TPSA) is 106 Å². The van der Waals surface area contributed by atoms with E-state index < -0.39 is 5.97 Å². The quantitative estimate of drug-likeness (QED) is 0.543. The first-order valence-corrected chi connectivity index (χ1v) is 7.41. The first-order valence-electron chi connectivity index (χ1n) is 7.41. The third kappa shape index (κ3) is 3.23. The number of nitrogens with zero attached hydrogens (tertiary/aromatic N) is 3. The van der Waals surface area contributed by atoms with Gasteiger partial charge in [0, 0.05) is 5.69 Å². The predicted molar refractivity (Wildman–Crippen MR) is 93.4 cm³/mol. The zero-order valence-electron chi connectivity index (χ0n) is 13.8. The van der Waals surface area contributed by atoms with Gasteiger partial charge in [-0.25, -0.2) is 9.89 Å². The molecule has 0 amide bonds. The minimum atomic E-state index is -0.423. The van der Waals surface area contributed by atoms with E-state index in [1.54, 1.807) is 42.3 Å². The van der Waals surface area contributed by atoms with Gasteiger partial charge >= 0.3 is 5.97 Å². The Balaban J connectivity index is 2.11. The van der Waals surface area contributed by atoms with Gasteiger partial charge in [-0.15, -0.1) is 0 Å². The van der Waals surface area contributed by atoms with Crippen molar-refractivity contribution < 1.29 is 14.3 Å². The highest BCUT2D eigenvalue weighted by Gasteiger charge is 2.18. The first-order chi connectivity index (χ1) is 12.1. The van der Waals surface area contributed by atoms with Gasteiger partial charge in [0.2, 0.25) is 5.95 Å². The lowest BCUT2D eigenvalue weighted by atomic mass is 10.1. The molecule has 128 valence electrons. The van der Waals surface area contributed by atoms with E-state index in [-0.39, 0.29) is 0 Å². The Labute approximate surface area is 144 Å². The number of nitrogens with one attached hydrogen (secondary N) is 1. The largest absolute Gasteiger partial charge is 0.495 e. The normalized spacial score (nSPS) is 10.3. The number of ether oxygens (including phenoxy) is 2. The number of hydrogen-bond acceptors (Lipinski definition) is 7. The van der Waals surface area contributed by atoms with Crippen LogP contribution in [-0.2, 0) is 4.74 Å². The average Bonchev–Trinajstić information content (AvgIpc) is 3.16. The predicted octanol–water partition coefficient (Wildman–Crippen LogP) is 2.65. The number of hydrogen-bond donors (Lipinski definition) is 2. The van der Waals surface area contributed by atoms with Gasteiger partial charge in [0.25, 0.3) is 0 Å². The second-order valence-corrected chi connectivity index (χ2v) is 5.11. The molecule has 0 bridgehead atoms. The summed E-state index contributed by atoms with van der Waals surface area (Å²) in [4.78, 5) is 17.8. The van der Waals surface area contributed by atoms with E-state index >= 15 is 0 Å². The molecule has 3 N–H and O–H groups in total. The number of H-pyrrole nitrogens is 1. The molecule has 3 rings (SSSR count). The van der Waals surface area contributed by atoms with Crippen LogP contribution in [0.3, 0.4) is 0 Å². The fourth-order valence-corrected chi connectivity index (χ4v) is 2.45. The molecule has 3 aromatic rings. The number of benzene rings is 2. The van der Waals surface area contributed by atoms with E-state index in [9.17, 15) is 4.79 Å². The maximum atomic E-state index is 11.8. The Morgan fingerprint density at radius 1 is 1.16 bits per heavy atom. The summed E-state index contributed by atoms with van der Waals surface area (Å²) in [6.07, 6.45) is 1.40. The monoisotopic (exact) mass is 339 g/mol. The molecule has 0 unspecified atom stereocenters. The molecular weight excluding hydrogens is 322 g/mol. The van der Waals surface area contributed by atoms with Crippen molar-refractivity contribution in [2.45, 2.75) is 0 Å². The Morgan fingerprint density at radius 3 is 2.60 bits per heavy atom. The molecule has 1 aromatic heterocycles. The Bertz CT molecular complexity index is 880. The molecule has 25 heavy (non-hydrogen) atoms. The van der Waals surface area contributed by atoms with Crippen molar-refractivity contribution in [1.82, 2.24) is 15.2 Å². The lowest BCUT2D eigenvalue weighted by Gasteiger charge is -2.23. The molecule has 8 nitrogen and oxygen atoms in total. The molecule has 0 saturated heterocycles. The molecule has 8 heteroatoms. The molecule has 0 fully saturated rings. The van der Waals surface area contributed by atoms with Crippen molar-refractivity contribution in [1.29, 1.82) is 0 Å². The number of esters is 1. The summed E-state index contributed by atoms with van der Waals surface area (Å²) in [7, 11) is 2.90. The van der Waals surface area contributed by atoms with Gasteiger partial charge in [-0.05, 0) is 36.4 Å². The van der Waals surface area contributed by atoms with Crippen molar-refractivity contribution in [3.8, 4) is 5.75 Å². The number of carbonyl (C=O) groups is 1. The van der Waals surface area contributed by atoms with E-state index in [1.165, 1.54) is 13.4 Å². The van der Waals surface area contributed by atoms with Crippen LogP contribution in [0.2, 0.25) is 0 Å². The Kier molecular flexibility index (Phi) is 4.51. The summed E-state index contributed by atoms with van der Waals surface area (Å²) in [5.41, 5.74) is 8.36. The smallest absolute Gasteiger partial charge is 0.337 e. The SMILES string of the molecule is COC(=O)c1cccc(N(c2ccc(OC)c(N)c2)c2ncn[nH]2)c1. The highest BCUT2D eigenvalue weighted by Crippen LogP contribution is 2.35. The van der Waals surface area contributed by atoms with Crippen LogP contribution >= 0.6 is 0 Å². The van der Waals surface area contributed by atoms with Crippen molar-refractivity contribution in [2.75, 3.05) is 24.9 Å². The molecule has 0 atom stereocenters. The number of aromatic amines is 1. The third-order valence-electron chi connectivity index (χ3n) is 3.61. The summed E-state index contributed by atoms with van der Waals surface area (Å²) >= 11 is 0. The van der Waals surface area contributed by atoms with E-state index in [1.807, 2.05) is 12.1 Å². The second kappa shape index (κ2) is 6.91. The third-order valence-corrected chi connectivity index (χ3v) is 3.61. The highest BCUT2D eigenvalue weighted by atomic mass is 16.5. The lowest BCUT2D eigenvalue weighted by molar-refractivity contribution is 0.0601. The molecule has 2 aromatic carbocycles. The number of aromatic nitrogens is 3. The molecule has 0 saturated carbocycles. The lowest BCUT2D eigenvalue weighted by Crippen LogP contribution is -2.13. The van der Waals surface area contributed by atoms with E-state index in [0.717, 1.165) is 5.69 Å². The van der Waals surface area contributed by atoms with Gasteiger partial charge in [0.15, 0.2) is 0 Å². The zero-order valence-corrected chi connectivity index (χ0v) is 13.8. The van der Waals surface area contributed by atoms with Gasteiger partial charge < -0.3 is 15.2 Å². The number of nitrogens with two attached hydrogens (primary N) is 1. The van der Waals surface area contributed by atoms with Gasteiger partial charge in [-0.2, -0.15) is 10.1 Å². The number of anilines is 4. The van der Waals surface area contributed by atoms with Crippen molar-refractivity contribution in [3.63, 3.8) is 0 Å². The van der Waals surface area contributed by atoms with Crippen LogP contribution in [0.4, 0.5) is 23.0 Å². The summed E-state index contributed by atoms with van der Waals surface area (Å²) in [6.45, 7) is 0. The van der Waals surface area contributed by atoms with Crippen LogP contribution in [0, 0.1) is 0 Å². The van der Waals surface area contributed by atoms with Crippen LogP contribution in [0.15, 0.2) is 48.8 Å². The van der Waals surface area contributed by atoms with Crippen LogP contribution < -0.4 is 15.4 Å². The van der Waals surface area contributed by atoms with Gasteiger partial charge in [-0.3, -0.25) is 4.90 Å². The number of methoxy groups -OCH3 is 2. The summed E-state index contributed by atoms with van der Waals surface area (Å²) < 4.78 is 9.99. The minimum Gasteiger partial charge on any atom is -0.495 e. The van der Waals surface area contributed by atoms with E-state index in [0.29, 0.717) is 28.6 Å². The fraction of sp³-hybridized carbons (Fsp3) is 0.118. The zero-order chi connectivity index (χ0) is 17.8. The molecule has 0 radical (unpaired) electrons. The average molecular weight is 339 g/mol. The number of rotatable bonds is 5. The van der Waals surface area contributed by atoms with Gasteiger partial charge in [-0.1, -0.05) is 6.07 Å². The standard InChI is InChI=1S/C17H17N5O3/c1-24-15-7-6-13(9-14(15)18)22(17-19-10-20-21-17)12-5-3-4-11(8-12)16(23)25-2/h3-10H,18H2,1-2H3,(H,19,20,21). The minimum absolute atomic E-state index is 0.422. The van der Waals surface area contributed by atoms with Gasteiger partial charge in [0.05, 0.1) is 31.2 Å². The number of carbonyl (C=O) groups excluding carboxylic acids is 1. The number of nitrogen functional groups attached to an aromatic ring is 1. The highest BCUT2D eigenvalue weighted by molar-refractivity contribution is 5.91. The molecule has 0 aliphatic heterocycles. The van der Waals surface area contributed by atoms with Crippen molar-refractivity contribution in [2.24, 2.45) is 0 Å². The summed E-state index contributed by atoms with van der Waals surface area (Å²) in [5.74, 6) is 0.629. The second-order valence-electron chi connectivity index (χ2n) is 5.11. The van der Waals surface area contributed by atoms with Gasteiger partial charge in [0.1, 0.15) is 12.1 Å². The maximum Gasteiger partial charge on any atom is 0.337 e. The van der Waals surface area contributed by atoms with Crippen LogP contribution in [0.5, 0.6) is 5.75 Å². The Morgan fingerprint density at radius 2 is 1.96 bits per heavy atom. The van der Waals surface area contributed by atoms with Crippen molar-refractivity contribution in [3.05, 3.63) is 54.4 Å².